The monoisotopic (exact) mass is 442 g/mol. The molecular weight excluding hydrogens is 424 g/mol. The number of ether oxygens (including phenoxy) is 1. The van der Waals surface area contributed by atoms with Crippen molar-refractivity contribution in [2.24, 2.45) is 0 Å². The van der Waals surface area contributed by atoms with Gasteiger partial charge in [-0.2, -0.15) is 0 Å². The third kappa shape index (κ3) is 4.81. The molecule has 0 aromatic carbocycles. The van der Waals surface area contributed by atoms with Crippen LogP contribution in [-0.2, 0) is 17.7 Å². The number of rotatable bonds is 9. The van der Waals surface area contributed by atoms with Crippen molar-refractivity contribution in [1.82, 2.24) is 9.55 Å². The van der Waals surface area contributed by atoms with Crippen molar-refractivity contribution in [1.29, 1.82) is 0 Å². The molecule has 0 radical (unpaired) electrons. The van der Waals surface area contributed by atoms with Gasteiger partial charge in [-0.15, -0.1) is 22.7 Å². The summed E-state index contributed by atoms with van der Waals surface area (Å²) in [6.45, 7) is 3.13. The number of carbonyl (C=O) groups is 1. The maximum atomic E-state index is 13.0. The number of hydrogen-bond acceptors (Lipinski definition) is 7. The number of nitrogens with zero attached hydrogens (tertiary/aromatic N) is 2. The Balaban J connectivity index is 1.89. The number of Topliss-reactive ketones (excluding diaryl/α,β-unsaturated/α-hetero) is 1. The van der Waals surface area contributed by atoms with Gasteiger partial charge in [0.15, 0.2) is 10.9 Å². The maximum absolute atomic E-state index is 13.0. The van der Waals surface area contributed by atoms with Crippen LogP contribution in [0.5, 0.6) is 0 Å². The van der Waals surface area contributed by atoms with E-state index in [1.165, 1.54) is 34.4 Å². The minimum absolute atomic E-state index is 0.0184. The van der Waals surface area contributed by atoms with Gasteiger partial charge in [-0.3, -0.25) is 14.2 Å². The number of aryl methyl sites for hydroxylation is 1. The highest BCUT2D eigenvalue weighted by Gasteiger charge is 2.16. The minimum atomic E-state index is -0.0545. The molecule has 0 fully saturated rings. The van der Waals surface area contributed by atoms with Crippen LogP contribution in [0.2, 0.25) is 4.34 Å². The normalized spacial score (nSPS) is 11.4. The van der Waals surface area contributed by atoms with E-state index in [9.17, 15) is 9.59 Å². The van der Waals surface area contributed by atoms with Crippen molar-refractivity contribution in [2.45, 2.75) is 31.5 Å². The van der Waals surface area contributed by atoms with Crippen LogP contribution in [-0.4, -0.2) is 34.8 Å². The first kappa shape index (κ1) is 20.5. The molecule has 3 aromatic heterocycles. The second-order valence-corrected chi connectivity index (χ2v) is 9.57. The summed E-state index contributed by atoms with van der Waals surface area (Å²) in [5.74, 6) is 0.195. The summed E-state index contributed by atoms with van der Waals surface area (Å²) in [4.78, 5) is 32.5. The van der Waals surface area contributed by atoms with Gasteiger partial charge in [-0.25, -0.2) is 4.98 Å². The van der Waals surface area contributed by atoms with Crippen molar-refractivity contribution in [3.05, 3.63) is 42.6 Å². The van der Waals surface area contributed by atoms with E-state index >= 15 is 0 Å². The number of methoxy groups -OCH3 is 1. The van der Waals surface area contributed by atoms with Crippen LogP contribution >= 0.6 is 46.0 Å². The summed E-state index contributed by atoms with van der Waals surface area (Å²) in [5, 5.41) is 1.22. The summed E-state index contributed by atoms with van der Waals surface area (Å²) in [5.41, 5.74) is -0.0545. The zero-order valence-electron chi connectivity index (χ0n) is 15.0. The molecule has 0 bridgehead atoms. The summed E-state index contributed by atoms with van der Waals surface area (Å²) < 4.78 is 7.35. The Morgan fingerprint density at radius 2 is 2.19 bits per heavy atom. The van der Waals surface area contributed by atoms with Gasteiger partial charge in [0, 0.05) is 25.1 Å². The highest BCUT2D eigenvalue weighted by Crippen LogP contribution is 2.27. The predicted molar refractivity (Wildman–Crippen MR) is 114 cm³/mol. The molecule has 5 nitrogen and oxygen atoms in total. The summed E-state index contributed by atoms with van der Waals surface area (Å²) in [6, 6.07) is 5.37. The fraction of sp³-hybridized carbons (Fsp3) is 0.389. The van der Waals surface area contributed by atoms with Gasteiger partial charge < -0.3 is 4.74 Å². The van der Waals surface area contributed by atoms with Crippen LogP contribution in [0.15, 0.2) is 28.2 Å². The number of hydrogen-bond donors (Lipinski definition) is 0. The fourth-order valence-corrected chi connectivity index (χ4v) is 5.55. The van der Waals surface area contributed by atoms with Gasteiger partial charge in [0.25, 0.3) is 5.56 Å². The first-order valence-electron chi connectivity index (χ1n) is 8.47. The first-order valence-corrected chi connectivity index (χ1v) is 11.5. The molecule has 0 spiro atoms. The highest BCUT2D eigenvalue weighted by atomic mass is 35.5. The Hall–Kier alpha value is -1.19. The molecule has 3 aromatic rings. The van der Waals surface area contributed by atoms with E-state index < -0.39 is 0 Å². The molecule has 27 heavy (non-hydrogen) atoms. The van der Waals surface area contributed by atoms with Crippen LogP contribution in [0.1, 0.15) is 27.9 Å². The number of fused-ring (bicyclic) bond motifs is 1. The molecule has 0 saturated carbocycles. The Morgan fingerprint density at radius 3 is 2.85 bits per heavy atom. The Bertz CT molecular complexity index is 1010. The molecule has 0 aliphatic rings. The molecule has 0 amide bonds. The largest absolute Gasteiger partial charge is 0.385 e. The summed E-state index contributed by atoms with van der Waals surface area (Å²) >= 11 is 10.0. The predicted octanol–water partition coefficient (Wildman–Crippen LogP) is 4.75. The number of halogens is 1. The number of thioether (sulfide) groups is 1. The van der Waals surface area contributed by atoms with Crippen LogP contribution in [0, 0.1) is 0 Å². The van der Waals surface area contributed by atoms with E-state index in [2.05, 4.69) is 11.9 Å². The van der Waals surface area contributed by atoms with Gasteiger partial charge in [-0.05, 0) is 31.0 Å². The quantitative estimate of drug-likeness (QED) is 0.207. The van der Waals surface area contributed by atoms with E-state index in [1.54, 1.807) is 23.8 Å². The molecular formula is C18H19ClN2O3S3. The molecule has 9 heteroatoms. The molecule has 144 valence electrons. The van der Waals surface area contributed by atoms with Gasteiger partial charge in [0.1, 0.15) is 4.83 Å². The summed E-state index contributed by atoms with van der Waals surface area (Å²) in [7, 11) is 1.64. The number of ketones is 1. The molecule has 0 atom stereocenters. The molecule has 0 saturated heterocycles. The van der Waals surface area contributed by atoms with Crippen molar-refractivity contribution in [3.8, 4) is 0 Å². The van der Waals surface area contributed by atoms with Crippen LogP contribution in [0.4, 0.5) is 0 Å². The van der Waals surface area contributed by atoms with E-state index in [1.807, 2.05) is 6.07 Å². The number of thiophene rings is 2. The fourth-order valence-electron chi connectivity index (χ4n) is 2.56. The second-order valence-electron chi connectivity index (χ2n) is 5.80. The van der Waals surface area contributed by atoms with E-state index in [-0.39, 0.29) is 17.1 Å². The van der Waals surface area contributed by atoms with Gasteiger partial charge >= 0.3 is 0 Å². The van der Waals surface area contributed by atoms with E-state index in [0.717, 1.165) is 16.1 Å². The second kappa shape index (κ2) is 9.34. The zero-order chi connectivity index (χ0) is 19.4. The van der Waals surface area contributed by atoms with E-state index in [0.29, 0.717) is 39.3 Å². The van der Waals surface area contributed by atoms with Crippen molar-refractivity contribution >= 4 is 62.0 Å². The van der Waals surface area contributed by atoms with Crippen LogP contribution < -0.4 is 5.56 Å². The van der Waals surface area contributed by atoms with Crippen molar-refractivity contribution in [2.75, 3.05) is 19.5 Å². The lowest BCUT2D eigenvalue weighted by Gasteiger charge is -2.11. The molecule has 0 N–H and O–H groups in total. The van der Waals surface area contributed by atoms with Gasteiger partial charge in [0.2, 0.25) is 0 Å². The third-order valence-corrected chi connectivity index (χ3v) is 7.35. The standard InChI is InChI=1S/C18H19ClN2O3S3/c1-3-11-9-12-16(26-11)20-18(21(17(12)23)7-4-8-24-2)25-10-13(22)14-5-6-15(19)27-14/h5-6,9H,3-4,7-8,10H2,1-2H3. The van der Waals surface area contributed by atoms with E-state index in [4.69, 9.17) is 16.3 Å². The Labute approximate surface area is 174 Å². The Kier molecular flexibility index (Phi) is 7.10. The zero-order valence-corrected chi connectivity index (χ0v) is 18.2. The first-order chi connectivity index (χ1) is 13.0. The van der Waals surface area contributed by atoms with Gasteiger partial charge in [-0.1, -0.05) is 30.3 Å². The lowest BCUT2D eigenvalue weighted by Crippen LogP contribution is -2.24. The van der Waals surface area contributed by atoms with Crippen molar-refractivity contribution in [3.63, 3.8) is 0 Å². The molecule has 0 aliphatic carbocycles. The SMILES string of the molecule is CCc1cc2c(=O)n(CCCOC)c(SCC(=O)c3ccc(Cl)s3)nc2s1. The average molecular weight is 443 g/mol. The van der Waals surface area contributed by atoms with Crippen LogP contribution in [0.25, 0.3) is 10.2 Å². The summed E-state index contributed by atoms with van der Waals surface area (Å²) in [6.07, 6.45) is 1.57. The molecule has 3 rings (SSSR count). The molecule has 3 heterocycles. The van der Waals surface area contributed by atoms with Crippen molar-refractivity contribution < 1.29 is 9.53 Å². The molecule has 0 unspecified atom stereocenters. The maximum Gasteiger partial charge on any atom is 0.262 e. The molecule has 0 aliphatic heterocycles. The van der Waals surface area contributed by atoms with Crippen LogP contribution in [0.3, 0.4) is 0 Å². The van der Waals surface area contributed by atoms with Gasteiger partial charge in [0.05, 0.1) is 20.4 Å². The number of aromatic nitrogens is 2. The smallest absolute Gasteiger partial charge is 0.262 e. The number of carbonyl (C=O) groups excluding carboxylic acids is 1. The Morgan fingerprint density at radius 1 is 1.37 bits per heavy atom. The lowest BCUT2D eigenvalue weighted by atomic mass is 10.3. The highest BCUT2D eigenvalue weighted by molar-refractivity contribution is 7.99. The average Bonchev–Trinajstić information content (AvgIpc) is 3.28. The lowest BCUT2D eigenvalue weighted by molar-refractivity contribution is 0.102. The third-order valence-electron chi connectivity index (χ3n) is 3.93. The minimum Gasteiger partial charge on any atom is -0.385 e. The topological polar surface area (TPSA) is 61.2 Å².